The number of benzene rings is 1. The maximum atomic E-state index is 14.9. The third-order valence-corrected chi connectivity index (χ3v) is 4.87. The van der Waals surface area contributed by atoms with Gasteiger partial charge in [-0.15, -0.1) is 0 Å². The first-order valence-electron chi connectivity index (χ1n) is 8.88. The minimum atomic E-state index is -0.531. The number of carbonyl (C=O) groups is 1. The molecule has 6 nitrogen and oxygen atoms in total. The zero-order chi connectivity index (χ0) is 20.0. The quantitative estimate of drug-likeness (QED) is 0.490. The van der Waals surface area contributed by atoms with Crippen molar-refractivity contribution in [3.63, 3.8) is 0 Å². The number of halogens is 1. The average molecular weight is 383 g/mol. The van der Waals surface area contributed by atoms with E-state index >= 15 is 0 Å². The second-order valence-electron chi connectivity index (χ2n) is 6.63. The molecule has 5 aromatic rings. The molecule has 0 atom stereocenters. The van der Waals surface area contributed by atoms with Crippen LogP contribution in [0.3, 0.4) is 0 Å². The minimum absolute atomic E-state index is 0.362. The number of hydrogen-bond acceptors (Lipinski definition) is 4. The number of primary amides is 1. The molecule has 4 aromatic heterocycles. The molecule has 0 saturated heterocycles. The zero-order valence-electron chi connectivity index (χ0n) is 15.1. The van der Waals surface area contributed by atoms with E-state index in [0.29, 0.717) is 27.7 Å². The lowest BCUT2D eigenvalue weighted by atomic mass is 9.99. The van der Waals surface area contributed by atoms with Crippen molar-refractivity contribution in [2.24, 2.45) is 5.73 Å². The standard InChI is InChI=1S/C22H14FN5O/c23-16-10-27-22-20(19(16)12-3-5-13(6-4-12)21(24)29)15-8-17(26-11-18(15)28-22)14-2-1-7-25-9-14/h1-11H,(H2,24,29)(H,27,28). The lowest BCUT2D eigenvalue weighted by molar-refractivity contribution is 0.100. The summed E-state index contributed by atoms with van der Waals surface area (Å²) in [5.74, 6) is -0.985. The van der Waals surface area contributed by atoms with Crippen molar-refractivity contribution in [2.75, 3.05) is 0 Å². The number of aromatic amines is 1. The van der Waals surface area contributed by atoms with Crippen LogP contribution in [0.2, 0.25) is 0 Å². The fraction of sp³-hybridized carbons (Fsp3) is 0. The summed E-state index contributed by atoms with van der Waals surface area (Å²) >= 11 is 0. The number of hydrogen-bond donors (Lipinski definition) is 2. The Morgan fingerprint density at radius 2 is 1.83 bits per heavy atom. The molecule has 0 aliphatic rings. The third kappa shape index (κ3) is 2.80. The first-order valence-corrected chi connectivity index (χ1v) is 8.88. The number of carbonyl (C=O) groups excluding carboxylic acids is 1. The van der Waals surface area contributed by atoms with Gasteiger partial charge in [-0.2, -0.15) is 0 Å². The molecule has 29 heavy (non-hydrogen) atoms. The van der Waals surface area contributed by atoms with Crippen molar-refractivity contribution in [1.29, 1.82) is 0 Å². The van der Waals surface area contributed by atoms with Gasteiger partial charge in [0.05, 0.1) is 23.6 Å². The summed E-state index contributed by atoms with van der Waals surface area (Å²) in [7, 11) is 0. The Bertz CT molecular complexity index is 1380. The average Bonchev–Trinajstić information content (AvgIpc) is 3.12. The molecule has 0 bridgehead atoms. The fourth-order valence-corrected chi connectivity index (χ4v) is 3.49. The van der Waals surface area contributed by atoms with Gasteiger partial charge in [-0.1, -0.05) is 12.1 Å². The van der Waals surface area contributed by atoms with Gasteiger partial charge in [0.25, 0.3) is 0 Å². The molecule has 3 N–H and O–H groups in total. The van der Waals surface area contributed by atoms with E-state index in [1.165, 1.54) is 6.20 Å². The van der Waals surface area contributed by atoms with E-state index < -0.39 is 11.7 Å². The molecule has 0 radical (unpaired) electrons. The zero-order valence-corrected chi connectivity index (χ0v) is 15.1. The summed E-state index contributed by atoms with van der Waals surface area (Å²) in [6.45, 7) is 0. The highest BCUT2D eigenvalue weighted by molar-refractivity contribution is 6.13. The molecule has 1 aromatic carbocycles. The molecule has 0 aliphatic heterocycles. The second-order valence-corrected chi connectivity index (χ2v) is 6.63. The molecule has 0 saturated carbocycles. The van der Waals surface area contributed by atoms with Crippen LogP contribution in [0.25, 0.3) is 44.3 Å². The van der Waals surface area contributed by atoms with Crippen LogP contribution < -0.4 is 5.73 Å². The number of fused-ring (bicyclic) bond motifs is 3. The van der Waals surface area contributed by atoms with Crippen molar-refractivity contribution in [2.45, 2.75) is 0 Å². The molecule has 4 heterocycles. The number of nitrogens with one attached hydrogen (secondary N) is 1. The maximum Gasteiger partial charge on any atom is 0.248 e. The molecule has 7 heteroatoms. The van der Waals surface area contributed by atoms with Crippen LogP contribution in [0.4, 0.5) is 4.39 Å². The lowest BCUT2D eigenvalue weighted by Crippen LogP contribution is -2.10. The highest BCUT2D eigenvalue weighted by atomic mass is 19.1. The predicted molar refractivity (Wildman–Crippen MR) is 109 cm³/mol. The molecule has 0 spiro atoms. The SMILES string of the molecule is NC(=O)c1ccc(-c2c(F)cnc3[nH]c4cnc(-c5cccnc5)cc4c23)cc1. The Labute approximate surface area is 164 Å². The van der Waals surface area contributed by atoms with Crippen LogP contribution in [0, 0.1) is 5.82 Å². The summed E-state index contributed by atoms with van der Waals surface area (Å²) in [5, 5.41) is 1.45. The number of amides is 1. The number of nitrogens with two attached hydrogens (primary N) is 1. The lowest BCUT2D eigenvalue weighted by Gasteiger charge is -2.07. The highest BCUT2D eigenvalue weighted by Gasteiger charge is 2.17. The summed E-state index contributed by atoms with van der Waals surface area (Å²) in [4.78, 5) is 27.4. The number of pyridine rings is 3. The molecule has 140 valence electrons. The maximum absolute atomic E-state index is 14.9. The van der Waals surface area contributed by atoms with Crippen LogP contribution in [-0.2, 0) is 0 Å². The van der Waals surface area contributed by atoms with Gasteiger partial charge in [-0.25, -0.2) is 9.37 Å². The third-order valence-electron chi connectivity index (χ3n) is 4.87. The number of aromatic nitrogens is 4. The normalized spacial score (nSPS) is 11.2. The van der Waals surface area contributed by atoms with E-state index in [9.17, 15) is 9.18 Å². The van der Waals surface area contributed by atoms with E-state index in [-0.39, 0.29) is 0 Å². The van der Waals surface area contributed by atoms with Gasteiger partial charge in [0, 0.05) is 39.9 Å². The number of rotatable bonds is 3. The summed E-state index contributed by atoms with van der Waals surface area (Å²) in [5.41, 5.74) is 9.60. The van der Waals surface area contributed by atoms with Gasteiger partial charge >= 0.3 is 0 Å². The van der Waals surface area contributed by atoms with E-state index in [4.69, 9.17) is 5.73 Å². The van der Waals surface area contributed by atoms with Crippen LogP contribution >= 0.6 is 0 Å². The van der Waals surface area contributed by atoms with Gasteiger partial charge in [0.2, 0.25) is 5.91 Å². The van der Waals surface area contributed by atoms with Crippen molar-refractivity contribution in [1.82, 2.24) is 19.9 Å². The van der Waals surface area contributed by atoms with Crippen LogP contribution in [0.1, 0.15) is 10.4 Å². The first-order chi connectivity index (χ1) is 14.1. The highest BCUT2D eigenvalue weighted by Crippen LogP contribution is 2.36. The van der Waals surface area contributed by atoms with Crippen molar-refractivity contribution >= 4 is 27.8 Å². The molecule has 1 amide bonds. The van der Waals surface area contributed by atoms with E-state index in [1.54, 1.807) is 42.9 Å². The Balaban J connectivity index is 1.79. The Kier molecular flexibility index (Phi) is 3.80. The Hall–Kier alpha value is -4.13. The van der Waals surface area contributed by atoms with Crippen molar-refractivity contribution in [3.8, 4) is 22.4 Å². The van der Waals surface area contributed by atoms with E-state index in [1.807, 2.05) is 18.2 Å². The number of nitrogens with zero attached hydrogens (tertiary/aromatic N) is 3. The van der Waals surface area contributed by atoms with Gasteiger partial charge in [0.15, 0.2) is 0 Å². The van der Waals surface area contributed by atoms with E-state index in [2.05, 4.69) is 19.9 Å². The Morgan fingerprint density at radius 3 is 2.55 bits per heavy atom. The topological polar surface area (TPSA) is 97.6 Å². The van der Waals surface area contributed by atoms with Gasteiger partial charge < -0.3 is 10.7 Å². The van der Waals surface area contributed by atoms with E-state index in [0.717, 1.165) is 22.2 Å². The fourth-order valence-electron chi connectivity index (χ4n) is 3.49. The number of H-pyrrole nitrogens is 1. The predicted octanol–water partition coefficient (Wildman–Crippen LogP) is 4.08. The molecule has 5 rings (SSSR count). The van der Waals surface area contributed by atoms with Crippen molar-refractivity contribution in [3.05, 3.63) is 78.6 Å². The monoisotopic (exact) mass is 383 g/mol. The smallest absolute Gasteiger partial charge is 0.248 e. The molecule has 0 aliphatic carbocycles. The van der Waals surface area contributed by atoms with Crippen LogP contribution in [0.5, 0.6) is 0 Å². The van der Waals surface area contributed by atoms with Crippen LogP contribution in [0.15, 0.2) is 67.3 Å². The molecular formula is C22H14FN5O. The summed E-state index contributed by atoms with van der Waals surface area (Å²) in [6.07, 6.45) is 6.31. The molecular weight excluding hydrogens is 369 g/mol. The van der Waals surface area contributed by atoms with Crippen molar-refractivity contribution < 1.29 is 9.18 Å². The molecule has 0 fully saturated rings. The minimum Gasteiger partial charge on any atom is -0.366 e. The van der Waals surface area contributed by atoms with Gasteiger partial charge in [0.1, 0.15) is 11.5 Å². The van der Waals surface area contributed by atoms with Gasteiger partial charge in [-0.3, -0.25) is 14.8 Å². The second kappa shape index (κ2) is 6.49. The summed E-state index contributed by atoms with van der Waals surface area (Å²) in [6, 6.07) is 12.2. The summed E-state index contributed by atoms with van der Waals surface area (Å²) < 4.78 is 14.9. The van der Waals surface area contributed by atoms with Gasteiger partial charge in [-0.05, 0) is 35.9 Å². The largest absolute Gasteiger partial charge is 0.366 e. The van der Waals surface area contributed by atoms with Crippen LogP contribution in [-0.4, -0.2) is 25.8 Å². The molecule has 0 unspecified atom stereocenters. The first kappa shape index (κ1) is 17.0. The Morgan fingerprint density at radius 1 is 1.00 bits per heavy atom.